The Bertz CT molecular complexity index is 1160. The molecule has 0 fully saturated rings. The van der Waals surface area contributed by atoms with Gasteiger partial charge in [0.05, 0.1) is 47.9 Å². The van der Waals surface area contributed by atoms with Crippen LogP contribution in [0.2, 0.25) is 0 Å². The van der Waals surface area contributed by atoms with Crippen molar-refractivity contribution in [3.05, 3.63) is 60.2 Å². The number of carbonyl (C=O) groups excluding carboxylic acids is 2. The fourth-order valence-electron chi connectivity index (χ4n) is 2.98. The molecule has 3 aromatic rings. The van der Waals surface area contributed by atoms with Crippen LogP contribution in [0.15, 0.2) is 49.1 Å². The molecule has 180 valence electrons. The van der Waals surface area contributed by atoms with Gasteiger partial charge in [-0.05, 0) is 50.2 Å². The van der Waals surface area contributed by atoms with Crippen molar-refractivity contribution in [2.45, 2.75) is 26.1 Å². The minimum atomic E-state index is -4.60. The molecule has 1 heterocycles. The molecular formula is C22H22F3N5O4. The van der Waals surface area contributed by atoms with Gasteiger partial charge in [0.15, 0.2) is 0 Å². The monoisotopic (exact) mass is 477 g/mol. The molecule has 0 bridgehead atoms. The Morgan fingerprint density at radius 3 is 2.50 bits per heavy atom. The smallest absolute Gasteiger partial charge is 0.416 e. The maximum absolute atomic E-state index is 13.2. The van der Waals surface area contributed by atoms with Crippen molar-refractivity contribution in [1.29, 1.82) is 0 Å². The third-order valence-corrected chi connectivity index (χ3v) is 4.47. The molecule has 3 rings (SSSR count). The number of esters is 1. The summed E-state index contributed by atoms with van der Waals surface area (Å²) < 4.78 is 51.3. The van der Waals surface area contributed by atoms with E-state index < -0.39 is 23.6 Å². The van der Waals surface area contributed by atoms with Gasteiger partial charge in [0.1, 0.15) is 18.4 Å². The second-order valence-electron chi connectivity index (χ2n) is 7.34. The summed E-state index contributed by atoms with van der Waals surface area (Å²) in [5.74, 6) is -0.831. The van der Waals surface area contributed by atoms with E-state index in [2.05, 4.69) is 20.7 Å². The number of hydrogen-bond donors (Lipinski definition) is 2. The Morgan fingerprint density at radius 2 is 1.88 bits per heavy atom. The summed E-state index contributed by atoms with van der Waals surface area (Å²) in [5.41, 5.74) is -0.261. The molecule has 1 amide bonds. The van der Waals surface area contributed by atoms with Crippen LogP contribution >= 0.6 is 0 Å². The largest absolute Gasteiger partial charge is 0.489 e. The van der Waals surface area contributed by atoms with E-state index in [1.165, 1.54) is 42.6 Å². The van der Waals surface area contributed by atoms with Crippen molar-refractivity contribution < 1.29 is 32.2 Å². The van der Waals surface area contributed by atoms with Gasteiger partial charge in [-0.2, -0.15) is 18.3 Å². The van der Waals surface area contributed by atoms with E-state index in [0.717, 1.165) is 12.1 Å². The summed E-state index contributed by atoms with van der Waals surface area (Å²) in [7, 11) is 1.24. The number of carbonyl (C=O) groups is 2. The molecule has 0 atom stereocenters. The van der Waals surface area contributed by atoms with E-state index in [9.17, 15) is 22.8 Å². The number of rotatable bonds is 8. The molecular weight excluding hydrogens is 455 g/mol. The quantitative estimate of drug-likeness (QED) is 0.474. The molecule has 0 unspecified atom stereocenters. The Kier molecular flexibility index (Phi) is 7.39. The zero-order valence-corrected chi connectivity index (χ0v) is 18.5. The normalized spacial score (nSPS) is 11.3. The molecule has 0 aliphatic carbocycles. The average molecular weight is 477 g/mol. The van der Waals surface area contributed by atoms with Crippen LogP contribution in [0.25, 0.3) is 5.69 Å². The average Bonchev–Trinajstić information content (AvgIpc) is 3.31. The minimum Gasteiger partial charge on any atom is -0.489 e. The SMILES string of the molecule is COC(=O)c1ccc(OC(C)C)c(NCC(=O)Nc2cc(C(F)(F)F)ccc2-n2cncn2)c1. The molecule has 1 aromatic heterocycles. The number of halogens is 3. The molecule has 0 radical (unpaired) electrons. The van der Waals surface area contributed by atoms with Gasteiger partial charge < -0.3 is 20.1 Å². The number of hydrogen-bond acceptors (Lipinski definition) is 7. The van der Waals surface area contributed by atoms with Crippen LogP contribution in [0, 0.1) is 0 Å². The first-order valence-electron chi connectivity index (χ1n) is 10.1. The van der Waals surface area contributed by atoms with E-state index in [-0.39, 0.29) is 29.6 Å². The predicted octanol–water partition coefficient (Wildman–Crippen LogP) is 3.91. The van der Waals surface area contributed by atoms with Crippen LogP contribution < -0.4 is 15.4 Å². The second-order valence-corrected chi connectivity index (χ2v) is 7.34. The number of nitrogens with zero attached hydrogens (tertiary/aromatic N) is 3. The Hall–Kier alpha value is -4.09. The van der Waals surface area contributed by atoms with Crippen LogP contribution in [0.4, 0.5) is 24.5 Å². The number of aromatic nitrogens is 3. The summed E-state index contributed by atoms with van der Waals surface area (Å²) in [6, 6.07) is 7.43. The van der Waals surface area contributed by atoms with E-state index >= 15 is 0 Å². The lowest BCUT2D eigenvalue weighted by Crippen LogP contribution is -2.23. The first kappa shape index (κ1) is 24.6. The van der Waals surface area contributed by atoms with Crippen LogP contribution in [0.1, 0.15) is 29.8 Å². The zero-order valence-electron chi connectivity index (χ0n) is 18.5. The highest BCUT2D eigenvalue weighted by Gasteiger charge is 2.31. The van der Waals surface area contributed by atoms with Gasteiger partial charge in [0.25, 0.3) is 0 Å². The summed E-state index contributed by atoms with van der Waals surface area (Å²) in [5, 5.41) is 9.23. The van der Waals surface area contributed by atoms with Crippen LogP contribution in [0.5, 0.6) is 5.75 Å². The highest BCUT2D eigenvalue weighted by atomic mass is 19.4. The highest BCUT2D eigenvalue weighted by Crippen LogP contribution is 2.33. The third kappa shape index (κ3) is 6.03. The van der Waals surface area contributed by atoms with Gasteiger partial charge in [0.2, 0.25) is 5.91 Å². The molecule has 34 heavy (non-hydrogen) atoms. The van der Waals surface area contributed by atoms with Gasteiger partial charge in [0, 0.05) is 0 Å². The fourth-order valence-corrected chi connectivity index (χ4v) is 2.98. The number of nitrogens with one attached hydrogen (secondary N) is 2. The van der Waals surface area contributed by atoms with Gasteiger partial charge in [-0.25, -0.2) is 14.5 Å². The number of amides is 1. The number of benzene rings is 2. The van der Waals surface area contributed by atoms with E-state index in [1.54, 1.807) is 6.07 Å². The first-order chi connectivity index (χ1) is 16.1. The topological polar surface area (TPSA) is 107 Å². The summed E-state index contributed by atoms with van der Waals surface area (Å²) in [6.07, 6.45) is -2.27. The molecule has 0 aliphatic heterocycles. The third-order valence-electron chi connectivity index (χ3n) is 4.47. The predicted molar refractivity (Wildman–Crippen MR) is 117 cm³/mol. The minimum absolute atomic E-state index is 0.103. The fraction of sp³-hybridized carbons (Fsp3) is 0.273. The molecule has 9 nitrogen and oxygen atoms in total. The molecule has 2 aromatic carbocycles. The van der Waals surface area contributed by atoms with Crippen LogP contribution in [-0.4, -0.2) is 46.4 Å². The van der Waals surface area contributed by atoms with Crippen LogP contribution in [0.3, 0.4) is 0 Å². The molecule has 12 heteroatoms. The summed E-state index contributed by atoms with van der Waals surface area (Å²) in [4.78, 5) is 28.3. The van der Waals surface area contributed by atoms with E-state index in [1.807, 2.05) is 13.8 Å². The van der Waals surface area contributed by atoms with Gasteiger partial charge in [-0.15, -0.1) is 0 Å². The number of methoxy groups -OCH3 is 1. The lowest BCUT2D eigenvalue weighted by atomic mass is 10.1. The Labute approximate surface area is 192 Å². The van der Waals surface area contributed by atoms with Crippen molar-refractivity contribution in [3.63, 3.8) is 0 Å². The van der Waals surface area contributed by atoms with Crippen molar-refractivity contribution >= 4 is 23.3 Å². The van der Waals surface area contributed by atoms with E-state index in [4.69, 9.17) is 9.47 Å². The molecule has 2 N–H and O–H groups in total. The zero-order chi connectivity index (χ0) is 24.9. The van der Waals surface area contributed by atoms with Crippen molar-refractivity contribution in [1.82, 2.24) is 14.8 Å². The number of anilines is 2. The van der Waals surface area contributed by atoms with Crippen molar-refractivity contribution in [2.24, 2.45) is 0 Å². The summed E-state index contributed by atoms with van der Waals surface area (Å²) in [6.45, 7) is 3.29. The molecule has 0 aliphatic rings. The van der Waals surface area contributed by atoms with E-state index in [0.29, 0.717) is 11.4 Å². The maximum Gasteiger partial charge on any atom is 0.416 e. The standard InChI is InChI=1S/C22H22F3N5O4/c1-13(2)34-19-7-4-14(21(32)33-3)8-17(19)27-10-20(31)29-16-9-15(22(23,24)25)5-6-18(16)30-12-26-11-28-30/h4-9,11-13,27H,10H2,1-3H3,(H,29,31). The van der Waals surface area contributed by atoms with Crippen LogP contribution in [-0.2, 0) is 15.7 Å². The van der Waals surface area contributed by atoms with Crippen molar-refractivity contribution in [3.8, 4) is 11.4 Å². The second kappa shape index (κ2) is 10.2. The number of ether oxygens (including phenoxy) is 2. The maximum atomic E-state index is 13.2. The number of alkyl halides is 3. The first-order valence-corrected chi connectivity index (χ1v) is 10.1. The highest BCUT2D eigenvalue weighted by molar-refractivity contribution is 5.96. The van der Waals surface area contributed by atoms with Gasteiger partial charge >= 0.3 is 12.1 Å². The molecule has 0 spiro atoms. The van der Waals surface area contributed by atoms with Gasteiger partial charge in [-0.1, -0.05) is 0 Å². The Balaban J connectivity index is 1.83. The summed E-state index contributed by atoms with van der Waals surface area (Å²) >= 11 is 0. The van der Waals surface area contributed by atoms with Gasteiger partial charge in [-0.3, -0.25) is 4.79 Å². The molecule has 0 saturated carbocycles. The lowest BCUT2D eigenvalue weighted by molar-refractivity contribution is -0.137. The van der Waals surface area contributed by atoms with Crippen molar-refractivity contribution in [2.75, 3.05) is 24.3 Å². The Morgan fingerprint density at radius 1 is 1.12 bits per heavy atom. The lowest BCUT2D eigenvalue weighted by Gasteiger charge is -2.17. The molecule has 0 saturated heterocycles.